The van der Waals surface area contributed by atoms with Gasteiger partial charge in [-0.1, -0.05) is 30.3 Å². The number of aliphatic hydroxyl groups is 1. The van der Waals surface area contributed by atoms with Gasteiger partial charge in [0.05, 0.1) is 12.4 Å². The van der Waals surface area contributed by atoms with Crippen LogP contribution in [0.4, 0.5) is 20.7 Å². The number of ether oxygens (including phenoxy) is 2. The van der Waals surface area contributed by atoms with E-state index < -0.39 is 24.5 Å². The molecule has 3 heterocycles. The first-order chi connectivity index (χ1) is 17.5. The summed E-state index contributed by atoms with van der Waals surface area (Å²) in [5.74, 6) is 0.282. The fourth-order valence-corrected chi connectivity index (χ4v) is 4.18. The number of carbonyl (C=O) groups is 1. The Kier molecular flexibility index (Phi) is 6.74. The van der Waals surface area contributed by atoms with Crippen LogP contribution in [0.3, 0.4) is 0 Å². The van der Waals surface area contributed by atoms with Crippen molar-refractivity contribution in [2.24, 2.45) is 0 Å². The van der Waals surface area contributed by atoms with Crippen LogP contribution in [-0.2, 0) is 16.0 Å². The van der Waals surface area contributed by atoms with Gasteiger partial charge in [0.1, 0.15) is 31.1 Å². The molecular weight excluding hydrogens is 467 g/mol. The van der Waals surface area contributed by atoms with E-state index in [2.05, 4.69) is 20.3 Å². The zero-order valence-electron chi connectivity index (χ0n) is 19.5. The molecule has 1 aliphatic rings. The highest BCUT2D eigenvalue weighted by molar-refractivity contribution is 5.84. The van der Waals surface area contributed by atoms with Crippen molar-refractivity contribution in [1.82, 2.24) is 19.5 Å². The average Bonchev–Trinajstić information content (AvgIpc) is 3.46. The second kappa shape index (κ2) is 10.3. The monoisotopic (exact) mass is 492 g/mol. The predicted octanol–water partition coefficient (Wildman–Crippen LogP) is 3.50. The number of hydrogen-bond donors (Lipinski definition) is 2. The lowest BCUT2D eigenvalue weighted by molar-refractivity contribution is -0.0449. The van der Waals surface area contributed by atoms with Crippen molar-refractivity contribution in [2.75, 3.05) is 23.9 Å². The largest absolute Gasteiger partial charge is 0.446 e. The van der Waals surface area contributed by atoms with Crippen molar-refractivity contribution < 1.29 is 23.8 Å². The molecule has 0 bridgehead atoms. The van der Waals surface area contributed by atoms with Crippen molar-refractivity contribution in [3.05, 3.63) is 78.6 Å². The Balaban J connectivity index is 1.25. The maximum atomic E-state index is 13.6. The number of aliphatic hydroxyl groups excluding tert-OH is 1. The summed E-state index contributed by atoms with van der Waals surface area (Å²) in [6.45, 7) is 0.319. The zero-order valence-corrected chi connectivity index (χ0v) is 19.5. The van der Waals surface area contributed by atoms with Gasteiger partial charge in [-0.15, -0.1) is 0 Å². The molecule has 5 rings (SSSR count). The Bertz CT molecular complexity index is 1350. The summed E-state index contributed by atoms with van der Waals surface area (Å²) in [4.78, 5) is 27.2. The van der Waals surface area contributed by atoms with Gasteiger partial charge in [0.2, 0.25) is 0 Å². The van der Waals surface area contributed by atoms with Crippen LogP contribution in [0.2, 0.25) is 0 Å². The Morgan fingerprint density at radius 3 is 2.86 bits per heavy atom. The van der Waals surface area contributed by atoms with Crippen molar-refractivity contribution in [3.8, 4) is 0 Å². The summed E-state index contributed by atoms with van der Waals surface area (Å²) in [6, 6.07) is 15.3. The van der Waals surface area contributed by atoms with Gasteiger partial charge < -0.3 is 19.5 Å². The number of benzene rings is 2. The lowest BCUT2D eigenvalue weighted by atomic mass is 10.2. The maximum Gasteiger partial charge on any atom is 0.411 e. The number of nitrogens with zero attached hydrogens (tertiary/aromatic N) is 5. The normalized spacial score (nSPS) is 19.4. The molecule has 36 heavy (non-hydrogen) atoms. The van der Waals surface area contributed by atoms with Gasteiger partial charge in [0, 0.05) is 25.7 Å². The summed E-state index contributed by atoms with van der Waals surface area (Å²) in [6.07, 6.45) is 0.566. The Labute approximate surface area is 206 Å². The number of amides is 1. The van der Waals surface area contributed by atoms with Gasteiger partial charge in [-0.3, -0.25) is 9.88 Å². The summed E-state index contributed by atoms with van der Waals surface area (Å²) in [5.41, 5.74) is 2.49. The standard InChI is InChI=1S/C25H25FN6O4/c1-31(12-16-6-5-7-17(26)10-16)23-22-24(28-14-27-23)32(15-29-22)21-11-19(33)20(36-21)13-35-25(34)30-18-8-3-2-4-9-18/h2-10,14-15,19-21,33H,11-13H2,1H3,(H,30,34)/t19-,20+,21+/m0/s1. The highest BCUT2D eigenvalue weighted by Gasteiger charge is 2.37. The molecule has 0 spiro atoms. The van der Waals surface area contributed by atoms with Crippen LogP contribution in [0.5, 0.6) is 0 Å². The van der Waals surface area contributed by atoms with E-state index in [9.17, 15) is 14.3 Å². The molecule has 4 aromatic rings. The number of rotatable bonds is 7. The lowest BCUT2D eigenvalue weighted by Gasteiger charge is -2.19. The highest BCUT2D eigenvalue weighted by Crippen LogP contribution is 2.32. The summed E-state index contributed by atoms with van der Waals surface area (Å²) in [7, 11) is 1.84. The first-order valence-corrected chi connectivity index (χ1v) is 11.4. The molecule has 0 saturated carbocycles. The minimum absolute atomic E-state index is 0.112. The van der Waals surface area contributed by atoms with Gasteiger partial charge in [-0.25, -0.2) is 24.1 Å². The Morgan fingerprint density at radius 1 is 1.22 bits per heavy atom. The number of fused-ring (bicyclic) bond motifs is 1. The van der Waals surface area contributed by atoms with Crippen LogP contribution in [0.25, 0.3) is 11.2 Å². The van der Waals surface area contributed by atoms with E-state index in [0.29, 0.717) is 29.2 Å². The number of halogens is 1. The Hall–Kier alpha value is -4.09. The van der Waals surface area contributed by atoms with E-state index in [1.807, 2.05) is 24.1 Å². The van der Waals surface area contributed by atoms with E-state index >= 15 is 0 Å². The molecule has 2 aromatic carbocycles. The van der Waals surface area contributed by atoms with Gasteiger partial charge in [0.15, 0.2) is 17.0 Å². The first-order valence-electron chi connectivity index (χ1n) is 11.4. The third kappa shape index (κ3) is 5.11. The number of nitrogens with one attached hydrogen (secondary N) is 1. The van der Waals surface area contributed by atoms with Crippen LogP contribution in [0.1, 0.15) is 18.2 Å². The second-order valence-corrected chi connectivity index (χ2v) is 8.53. The van der Waals surface area contributed by atoms with Crippen LogP contribution in [-0.4, -0.2) is 56.6 Å². The SMILES string of the molecule is CN(Cc1cccc(F)c1)c1ncnc2c1ncn2[C@H]1C[C@H](O)[C@@H](COC(=O)Nc2ccccc2)O1. The third-order valence-corrected chi connectivity index (χ3v) is 5.92. The molecule has 2 N–H and O–H groups in total. The zero-order chi connectivity index (χ0) is 25.1. The van der Waals surface area contributed by atoms with E-state index in [1.54, 1.807) is 41.2 Å². The van der Waals surface area contributed by atoms with E-state index in [1.165, 1.54) is 18.5 Å². The van der Waals surface area contributed by atoms with Gasteiger partial charge in [-0.05, 0) is 29.8 Å². The first kappa shape index (κ1) is 23.6. The topological polar surface area (TPSA) is 115 Å². The molecule has 11 heteroatoms. The third-order valence-electron chi connectivity index (χ3n) is 5.92. The van der Waals surface area contributed by atoms with Gasteiger partial charge in [-0.2, -0.15) is 0 Å². The molecular formula is C25H25FN6O4. The van der Waals surface area contributed by atoms with Crippen LogP contribution >= 0.6 is 0 Å². The fraction of sp³-hybridized carbons (Fsp3) is 0.280. The quantitative estimate of drug-likeness (QED) is 0.403. The molecule has 0 unspecified atom stereocenters. The molecule has 1 fully saturated rings. The minimum atomic E-state index is -0.839. The second-order valence-electron chi connectivity index (χ2n) is 8.53. The highest BCUT2D eigenvalue weighted by atomic mass is 19.1. The van der Waals surface area contributed by atoms with Crippen molar-refractivity contribution in [2.45, 2.75) is 31.4 Å². The minimum Gasteiger partial charge on any atom is -0.446 e. The molecule has 10 nitrogen and oxygen atoms in total. The van der Waals surface area contributed by atoms with E-state index in [-0.39, 0.29) is 18.8 Å². The van der Waals surface area contributed by atoms with Crippen molar-refractivity contribution in [3.63, 3.8) is 0 Å². The summed E-state index contributed by atoms with van der Waals surface area (Å²) in [5, 5.41) is 13.1. The Morgan fingerprint density at radius 2 is 2.06 bits per heavy atom. The van der Waals surface area contributed by atoms with Gasteiger partial charge >= 0.3 is 6.09 Å². The molecule has 0 aliphatic carbocycles. The van der Waals surface area contributed by atoms with E-state index in [0.717, 1.165) is 5.56 Å². The molecule has 1 aliphatic heterocycles. The lowest BCUT2D eigenvalue weighted by Crippen LogP contribution is -2.29. The molecule has 186 valence electrons. The van der Waals surface area contributed by atoms with Crippen LogP contribution in [0, 0.1) is 5.82 Å². The summed E-state index contributed by atoms with van der Waals surface area (Å²) >= 11 is 0. The maximum absolute atomic E-state index is 13.6. The number of para-hydroxylation sites is 1. The number of hydrogen-bond acceptors (Lipinski definition) is 8. The van der Waals surface area contributed by atoms with Crippen molar-refractivity contribution in [1.29, 1.82) is 0 Å². The predicted molar refractivity (Wildman–Crippen MR) is 130 cm³/mol. The summed E-state index contributed by atoms with van der Waals surface area (Å²) < 4.78 is 26.5. The molecule has 1 amide bonds. The molecule has 3 atom stereocenters. The van der Waals surface area contributed by atoms with Crippen LogP contribution in [0.15, 0.2) is 67.3 Å². The smallest absolute Gasteiger partial charge is 0.411 e. The number of imidazole rings is 1. The number of aromatic nitrogens is 4. The average molecular weight is 493 g/mol. The number of anilines is 2. The molecule has 1 saturated heterocycles. The number of carbonyl (C=O) groups excluding carboxylic acids is 1. The van der Waals surface area contributed by atoms with Gasteiger partial charge in [0.25, 0.3) is 0 Å². The van der Waals surface area contributed by atoms with E-state index in [4.69, 9.17) is 9.47 Å². The molecule has 2 aromatic heterocycles. The molecule has 0 radical (unpaired) electrons. The van der Waals surface area contributed by atoms with Crippen molar-refractivity contribution >= 4 is 28.8 Å². The van der Waals surface area contributed by atoms with Crippen LogP contribution < -0.4 is 10.2 Å². The fourth-order valence-electron chi connectivity index (χ4n) is 4.18.